The summed E-state index contributed by atoms with van der Waals surface area (Å²) in [6, 6.07) is 17.2. The highest BCUT2D eigenvalue weighted by Gasteiger charge is 2.33. The van der Waals surface area contributed by atoms with Crippen molar-refractivity contribution in [2.24, 2.45) is 0 Å². The molecule has 140 valence electrons. The second-order valence-electron chi connectivity index (χ2n) is 5.88. The van der Waals surface area contributed by atoms with Crippen LogP contribution in [-0.2, 0) is 0 Å². The summed E-state index contributed by atoms with van der Waals surface area (Å²) in [4.78, 5) is 32.9. The van der Waals surface area contributed by atoms with E-state index in [0.717, 1.165) is 0 Å². The van der Waals surface area contributed by atoms with E-state index in [4.69, 9.17) is 0 Å². The van der Waals surface area contributed by atoms with Crippen LogP contribution in [0.2, 0.25) is 0 Å². The Morgan fingerprint density at radius 1 is 0.500 bits per heavy atom. The SMILES string of the molecule is O=[N+]([O-])c1ccccc1C(c1ccccc1[N+](=O)[O-])c1ccccc1[N+](=O)[O-]. The van der Waals surface area contributed by atoms with Gasteiger partial charge in [-0.05, 0) is 0 Å². The van der Waals surface area contributed by atoms with Gasteiger partial charge in [0.15, 0.2) is 0 Å². The molecule has 0 saturated heterocycles. The highest BCUT2D eigenvalue weighted by Crippen LogP contribution is 2.43. The molecule has 0 N–H and O–H groups in total. The summed E-state index contributed by atoms with van der Waals surface area (Å²) in [5.41, 5.74) is -0.417. The van der Waals surface area contributed by atoms with Gasteiger partial charge in [-0.15, -0.1) is 0 Å². The summed E-state index contributed by atoms with van der Waals surface area (Å²) in [7, 11) is 0. The van der Waals surface area contributed by atoms with Crippen molar-refractivity contribution < 1.29 is 14.8 Å². The molecule has 0 aliphatic rings. The van der Waals surface area contributed by atoms with E-state index >= 15 is 0 Å². The highest BCUT2D eigenvalue weighted by molar-refractivity contribution is 5.61. The summed E-state index contributed by atoms with van der Waals surface area (Å²) < 4.78 is 0. The summed E-state index contributed by atoms with van der Waals surface area (Å²) >= 11 is 0. The van der Waals surface area contributed by atoms with Gasteiger partial charge < -0.3 is 0 Å². The maximum Gasteiger partial charge on any atom is 0.273 e. The Bertz CT molecular complexity index is 946. The molecule has 3 aromatic carbocycles. The van der Waals surface area contributed by atoms with Crippen LogP contribution in [0.3, 0.4) is 0 Å². The number of rotatable bonds is 6. The summed E-state index contributed by atoms with van der Waals surface area (Å²) in [5.74, 6) is -1.07. The number of para-hydroxylation sites is 3. The molecule has 9 heteroatoms. The van der Waals surface area contributed by atoms with Crippen molar-refractivity contribution in [3.8, 4) is 0 Å². The van der Waals surface area contributed by atoms with Crippen LogP contribution in [0.15, 0.2) is 72.8 Å². The van der Waals surface area contributed by atoms with Crippen molar-refractivity contribution >= 4 is 17.1 Å². The monoisotopic (exact) mass is 379 g/mol. The molecule has 0 unspecified atom stereocenters. The Labute approximate surface area is 158 Å². The number of nitro benzene ring substituents is 3. The summed E-state index contributed by atoms with van der Waals surface area (Å²) in [5, 5.41) is 34.7. The Morgan fingerprint density at radius 2 is 0.750 bits per heavy atom. The molecule has 0 amide bonds. The van der Waals surface area contributed by atoms with Crippen LogP contribution < -0.4 is 0 Å². The Kier molecular flexibility index (Phi) is 5.07. The molecule has 9 nitrogen and oxygen atoms in total. The number of hydrogen-bond acceptors (Lipinski definition) is 6. The first-order valence-electron chi connectivity index (χ1n) is 8.11. The lowest BCUT2D eigenvalue weighted by Crippen LogP contribution is -2.11. The molecule has 0 spiro atoms. The summed E-state index contributed by atoms with van der Waals surface area (Å²) in [6.45, 7) is 0. The fraction of sp³-hybridized carbons (Fsp3) is 0.0526. The topological polar surface area (TPSA) is 129 Å². The van der Waals surface area contributed by atoms with Gasteiger partial charge in [0, 0.05) is 34.9 Å². The maximum atomic E-state index is 11.6. The Balaban J connectivity index is 2.40. The molecule has 0 aliphatic carbocycles. The lowest BCUT2D eigenvalue weighted by Gasteiger charge is -2.18. The van der Waals surface area contributed by atoms with Gasteiger partial charge in [0.05, 0.1) is 20.7 Å². The first kappa shape index (κ1) is 18.6. The van der Waals surface area contributed by atoms with E-state index in [0.29, 0.717) is 0 Å². The van der Waals surface area contributed by atoms with Crippen LogP contribution in [0.25, 0.3) is 0 Å². The molecule has 0 aliphatic heterocycles. The minimum Gasteiger partial charge on any atom is -0.258 e. The fourth-order valence-corrected chi connectivity index (χ4v) is 3.20. The highest BCUT2D eigenvalue weighted by atomic mass is 16.6. The van der Waals surface area contributed by atoms with E-state index in [1.807, 2.05) is 0 Å². The molecule has 0 bridgehead atoms. The van der Waals surface area contributed by atoms with Crippen molar-refractivity contribution in [3.63, 3.8) is 0 Å². The predicted molar refractivity (Wildman–Crippen MR) is 100 cm³/mol. The van der Waals surface area contributed by atoms with Crippen LogP contribution >= 0.6 is 0 Å². The van der Waals surface area contributed by atoms with Crippen molar-refractivity contribution in [1.82, 2.24) is 0 Å². The fourth-order valence-electron chi connectivity index (χ4n) is 3.20. The van der Waals surface area contributed by atoms with Gasteiger partial charge in [-0.2, -0.15) is 0 Å². The lowest BCUT2D eigenvalue weighted by atomic mass is 9.82. The van der Waals surface area contributed by atoms with Crippen LogP contribution in [-0.4, -0.2) is 14.8 Å². The molecule has 0 atom stereocenters. The zero-order valence-corrected chi connectivity index (χ0v) is 14.3. The maximum absolute atomic E-state index is 11.6. The van der Waals surface area contributed by atoms with E-state index < -0.39 is 20.7 Å². The quantitative estimate of drug-likeness (QED) is 0.350. The molecular weight excluding hydrogens is 366 g/mol. The zero-order chi connectivity index (χ0) is 20.3. The molecule has 0 fully saturated rings. The minimum absolute atomic E-state index is 0.135. The molecule has 0 saturated carbocycles. The van der Waals surface area contributed by atoms with Crippen molar-refractivity contribution in [3.05, 3.63) is 120 Å². The van der Waals surface area contributed by atoms with Gasteiger partial charge in [-0.1, -0.05) is 54.6 Å². The van der Waals surface area contributed by atoms with Crippen molar-refractivity contribution in [1.29, 1.82) is 0 Å². The Morgan fingerprint density at radius 3 is 1.00 bits per heavy atom. The van der Waals surface area contributed by atoms with E-state index in [2.05, 4.69) is 0 Å². The number of nitro groups is 3. The zero-order valence-electron chi connectivity index (χ0n) is 14.3. The van der Waals surface area contributed by atoms with Gasteiger partial charge >= 0.3 is 0 Å². The minimum atomic E-state index is -1.07. The normalized spacial score (nSPS) is 10.6. The van der Waals surface area contributed by atoms with E-state index in [1.165, 1.54) is 54.6 Å². The van der Waals surface area contributed by atoms with E-state index in [9.17, 15) is 30.3 Å². The molecule has 0 aromatic heterocycles. The smallest absolute Gasteiger partial charge is 0.258 e. The number of benzene rings is 3. The number of nitrogens with zero attached hydrogens (tertiary/aromatic N) is 3. The average Bonchev–Trinajstić information content (AvgIpc) is 2.69. The standard InChI is InChI=1S/C19H13N3O6/c23-20(24)16-10-4-1-7-13(16)19(14-8-2-5-11-17(14)21(25)26)15-9-3-6-12-18(15)22(27)28/h1-12,19H. The summed E-state index contributed by atoms with van der Waals surface area (Å²) in [6.07, 6.45) is 0. The largest absolute Gasteiger partial charge is 0.273 e. The molecule has 0 heterocycles. The van der Waals surface area contributed by atoms with Gasteiger partial charge in [0.25, 0.3) is 17.1 Å². The van der Waals surface area contributed by atoms with Gasteiger partial charge in [0.1, 0.15) is 0 Å². The third kappa shape index (κ3) is 3.40. The van der Waals surface area contributed by atoms with Crippen molar-refractivity contribution in [2.45, 2.75) is 5.92 Å². The van der Waals surface area contributed by atoms with Crippen LogP contribution in [0.4, 0.5) is 17.1 Å². The van der Waals surface area contributed by atoms with Crippen LogP contribution in [0.1, 0.15) is 22.6 Å². The van der Waals surface area contributed by atoms with Gasteiger partial charge in [0.2, 0.25) is 0 Å². The van der Waals surface area contributed by atoms with Crippen LogP contribution in [0.5, 0.6) is 0 Å². The van der Waals surface area contributed by atoms with Gasteiger partial charge in [-0.3, -0.25) is 30.3 Å². The molecule has 28 heavy (non-hydrogen) atoms. The number of hydrogen-bond donors (Lipinski definition) is 0. The third-order valence-corrected chi connectivity index (χ3v) is 4.33. The van der Waals surface area contributed by atoms with Crippen LogP contribution in [0, 0.1) is 30.3 Å². The lowest BCUT2D eigenvalue weighted by molar-refractivity contribution is -0.387. The van der Waals surface area contributed by atoms with E-state index in [-0.39, 0.29) is 33.8 Å². The first-order valence-corrected chi connectivity index (χ1v) is 8.11. The molecule has 0 radical (unpaired) electrons. The predicted octanol–water partition coefficient (Wildman–Crippen LogP) is 4.59. The van der Waals surface area contributed by atoms with Gasteiger partial charge in [-0.25, -0.2) is 0 Å². The molecule has 3 aromatic rings. The second-order valence-corrected chi connectivity index (χ2v) is 5.88. The average molecular weight is 379 g/mol. The molecular formula is C19H13N3O6. The van der Waals surface area contributed by atoms with Crippen molar-refractivity contribution in [2.75, 3.05) is 0 Å². The van der Waals surface area contributed by atoms with E-state index in [1.54, 1.807) is 18.2 Å². The Hall–Kier alpha value is -4.14. The second kappa shape index (κ2) is 7.62. The molecule has 3 rings (SSSR count). The third-order valence-electron chi connectivity index (χ3n) is 4.33. The first-order chi connectivity index (χ1) is 13.4.